The molecular formula is C42H23Cl2F4N2O4S2+. The molecule has 0 aliphatic carbocycles. The Balaban J connectivity index is 1.40. The van der Waals surface area contributed by atoms with E-state index in [1.165, 1.54) is 65.4 Å². The van der Waals surface area contributed by atoms with Crippen molar-refractivity contribution in [2.45, 2.75) is 19.6 Å². The third kappa shape index (κ3) is 6.58. The van der Waals surface area contributed by atoms with E-state index in [0.717, 1.165) is 60.8 Å². The minimum Gasteiger partial charge on any atom is -0.255 e. The molecule has 56 heavy (non-hydrogen) atoms. The maximum absolute atomic E-state index is 16.8. The van der Waals surface area contributed by atoms with Gasteiger partial charge >= 0.3 is 0 Å². The van der Waals surface area contributed by atoms with E-state index >= 15 is 8.78 Å². The van der Waals surface area contributed by atoms with Gasteiger partial charge in [-0.1, -0.05) is 35.3 Å². The zero-order valence-corrected chi connectivity index (χ0v) is 31.5. The maximum Gasteiger partial charge on any atom is 0.247 e. The van der Waals surface area contributed by atoms with Gasteiger partial charge in [-0.05, 0) is 108 Å². The van der Waals surface area contributed by atoms with Gasteiger partial charge in [0, 0.05) is 51.0 Å². The average molecular weight is 831 g/mol. The summed E-state index contributed by atoms with van der Waals surface area (Å²) in [6, 6.07) is 26.9. The number of fused-ring (bicyclic) bond motifs is 2. The van der Waals surface area contributed by atoms with E-state index < -0.39 is 42.9 Å². The lowest BCUT2D eigenvalue weighted by Gasteiger charge is -2.16. The van der Waals surface area contributed by atoms with Crippen molar-refractivity contribution in [1.82, 2.24) is 4.98 Å². The quantitative estimate of drug-likeness (QED) is 0.0907. The van der Waals surface area contributed by atoms with Crippen molar-refractivity contribution in [3.63, 3.8) is 0 Å². The first-order chi connectivity index (χ1) is 26.7. The molecule has 6 aromatic carbocycles. The van der Waals surface area contributed by atoms with Gasteiger partial charge in [0.25, 0.3) is 0 Å². The van der Waals surface area contributed by atoms with Crippen LogP contribution in [0, 0.1) is 23.3 Å². The summed E-state index contributed by atoms with van der Waals surface area (Å²) in [4.78, 5) is 3.11. The Labute approximate surface area is 327 Å². The summed E-state index contributed by atoms with van der Waals surface area (Å²) in [6.45, 7) is 0. The second-order valence-corrected chi connectivity index (χ2v) is 17.4. The number of hydrogen-bond acceptors (Lipinski definition) is 5. The fourth-order valence-corrected chi connectivity index (χ4v) is 9.88. The van der Waals surface area contributed by atoms with Crippen molar-refractivity contribution in [3.05, 3.63) is 173 Å². The van der Waals surface area contributed by atoms with E-state index in [4.69, 9.17) is 23.2 Å². The Kier molecular flexibility index (Phi) is 9.40. The largest absolute Gasteiger partial charge is 0.255 e. The van der Waals surface area contributed by atoms with Gasteiger partial charge in [-0.3, -0.25) is 4.98 Å². The van der Waals surface area contributed by atoms with Crippen LogP contribution in [-0.4, -0.2) is 21.8 Å². The number of rotatable bonds is 7. The van der Waals surface area contributed by atoms with Crippen molar-refractivity contribution in [2.24, 2.45) is 0 Å². The van der Waals surface area contributed by atoms with Crippen LogP contribution in [0.4, 0.5) is 17.6 Å². The van der Waals surface area contributed by atoms with Crippen LogP contribution >= 0.6 is 23.2 Å². The van der Waals surface area contributed by atoms with Gasteiger partial charge in [-0.25, -0.2) is 30.0 Å². The molecule has 278 valence electrons. The third-order valence-corrected chi connectivity index (χ3v) is 13.3. The van der Waals surface area contributed by atoms with E-state index in [1.807, 2.05) is 0 Å². The first-order valence-electron chi connectivity index (χ1n) is 16.6. The zero-order valence-electron chi connectivity index (χ0n) is 28.4. The molecule has 0 N–H and O–H groups in total. The predicted molar refractivity (Wildman–Crippen MR) is 205 cm³/mol. The number of halogens is 6. The van der Waals surface area contributed by atoms with Crippen LogP contribution in [0.2, 0.25) is 10.0 Å². The summed E-state index contributed by atoms with van der Waals surface area (Å²) < 4.78 is 118. The van der Waals surface area contributed by atoms with Gasteiger partial charge in [0.05, 0.1) is 25.6 Å². The Morgan fingerprint density at radius 1 is 0.536 bits per heavy atom. The summed E-state index contributed by atoms with van der Waals surface area (Å²) in [5.74, 6) is -2.93. The lowest BCUT2D eigenvalue weighted by atomic mass is 9.99. The van der Waals surface area contributed by atoms with Gasteiger partial charge in [0.1, 0.15) is 22.3 Å². The molecule has 0 fully saturated rings. The summed E-state index contributed by atoms with van der Waals surface area (Å²) in [7, 11) is -8.82. The molecule has 14 heteroatoms. The number of sulfone groups is 2. The van der Waals surface area contributed by atoms with Crippen LogP contribution in [0.5, 0.6) is 0 Å². The average Bonchev–Trinajstić information content (AvgIpc) is 3.17. The minimum absolute atomic E-state index is 0.0102. The lowest BCUT2D eigenvalue weighted by Crippen LogP contribution is -2.34. The lowest BCUT2D eigenvalue weighted by molar-refractivity contribution is -0.571. The van der Waals surface area contributed by atoms with Gasteiger partial charge in [-0.15, -0.1) is 0 Å². The van der Waals surface area contributed by atoms with Crippen molar-refractivity contribution in [3.8, 4) is 27.9 Å². The Morgan fingerprint density at radius 2 is 1.14 bits per heavy atom. The highest BCUT2D eigenvalue weighted by atomic mass is 35.5. The minimum atomic E-state index is -4.42. The predicted octanol–water partition coefficient (Wildman–Crippen LogP) is 10.5. The third-order valence-electron chi connectivity index (χ3n) is 9.21. The standard InChI is InChI=1S/C42H23Cl2F4N2O4S2/c43-26-5-11-31(12-6-26)56(53,54)40-23-50(37-17-10-29(46)20-34(37)42(40)24-2-1-3-27(44)18-24)38-16-4-25(19-35(38)48)41-33-15-9-30(47)21-36(33)49-22-39(41)55(51,52)32-13-7-28(45)8-14-32/h1-23H/q+1. The summed E-state index contributed by atoms with van der Waals surface area (Å²) in [5.41, 5.74) is 0.611. The Morgan fingerprint density at radius 3 is 1.84 bits per heavy atom. The molecule has 8 aromatic rings. The van der Waals surface area contributed by atoms with Crippen molar-refractivity contribution in [1.29, 1.82) is 0 Å². The van der Waals surface area contributed by atoms with Crippen molar-refractivity contribution >= 4 is 64.7 Å². The van der Waals surface area contributed by atoms with Crippen molar-refractivity contribution in [2.75, 3.05) is 0 Å². The van der Waals surface area contributed by atoms with Crippen LogP contribution in [0.15, 0.2) is 159 Å². The molecule has 0 aliphatic rings. The highest BCUT2D eigenvalue weighted by molar-refractivity contribution is 7.92. The molecule has 0 saturated heterocycles. The molecule has 0 unspecified atom stereocenters. The van der Waals surface area contributed by atoms with E-state index in [2.05, 4.69) is 4.98 Å². The molecule has 0 aliphatic heterocycles. The first kappa shape index (κ1) is 37.3. The molecule has 0 atom stereocenters. The molecule has 2 aromatic heterocycles. The van der Waals surface area contributed by atoms with Gasteiger partial charge < -0.3 is 0 Å². The summed E-state index contributed by atoms with van der Waals surface area (Å²) >= 11 is 12.4. The topological polar surface area (TPSA) is 85.1 Å². The first-order valence-corrected chi connectivity index (χ1v) is 20.3. The normalized spacial score (nSPS) is 12.0. The van der Waals surface area contributed by atoms with Gasteiger partial charge in [-0.2, -0.15) is 8.96 Å². The fraction of sp³-hybridized carbons (Fsp3) is 0. The number of aromatic nitrogens is 2. The highest BCUT2D eigenvalue weighted by Crippen LogP contribution is 2.40. The van der Waals surface area contributed by atoms with Crippen LogP contribution in [0.25, 0.3) is 49.7 Å². The molecule has 0 bridgehead atoms. The Bertz CT molecular complexity index is 3130. The molecule has 6 nitrogen and oxygen atoms in total. The van der Waals surface area contributed by atoms with Crippen LogP contribution in [0.3, 0.4) is 0 Å². The number of hydrogen-bond donors (Lipinski definition) is 0. The SMILES string of the molecule is O=S(=O)(c1ccc(F)cc1)c1cnc2cc(F)ccc2c1-c1ccc(-[n+]2cc(S(=O)(=O)c3ccc(Cl)cc3)c(-c3cccc(Cl)c3)c3cc(F)ccc32)c(F)c1. The molecule has 8 rings (SSSR count). The van der Waals surface area contributed by atoms with Crippen LogP contribution in [-0.2, 0) is 19.7 Å². The van der Waals surface area contributed by atoms with E-state index in [9.17, 15) is 25.6 Å². The molecule has 0 saturated carbocycles. The van der Waals surface area contributed by atoms with E-state index in [-0.39, 0.29) is 73.8 Å². The van der Waals surface area contributed by atoms with Gasteiger partial charge in [0.2, 0.25) is 30.9 Å². The fourth-order valence-electron chi connectivity index (χ4n) is 6.64. The van der Waals surface area contributed by atoms with E-state index in [0.29, 0.717) is 5.56 Å². The zero-order chi connectivity index (χ0) is 39.5. The van der Waals surface area contributed by atoms with Gasteiger partial charge in [0.15, 0.2) is 12.0 Å². The second kappa shape index (κ2) is 14.1. The maximum atomic E-state index is 16.8. The number of benzene rings is 6. The number of nitrogens with zero attached hydrogens (tertiary/aromatic N) is 2. The second-order valence-electron chi connectivity index (χ2n) is 12.6. The molecular weight excluding hydrogens is 808 g/mol. The van der Waals surface area contributed by atoms with E-state index in [1.54, 1.807) is 18.2 Å². The summed E-state index contributed by atoms with van der Waals surface area (Å²) in [5, 5.41) is 0.864. The molecule has 0 spiro atoms. The number of pyridine rings is 2. The molecule has 0 amide bonds. The van der Waals surface area contributed by atoms with Crippen molar-refractivity contribution < 1.29 is 39.0 Å². The Hall–Kier alpha value is -5.66. The van der Waals surface area contributed by atoms with Crippen LogP contribution < -0.4 is 4.57 Å². The summed E-state index contributed by atoms with van der Waals surface area (Å²) in [6.07, 6.45) is 2.26. The monoisotopic (exact) mass is 829 g/mol. The molecule has 0 radical (unpaired) electrons. The molecule has 2 heterocycles. The highest BCUT2D eigenvalue weighted by Gasteiger charge is 2.33. The smallest absolute Gasteiger partial charge is 0.247 e. The van der Waals surface area contributed by atoms with Crippen LogP contribution in [0.1, 0.15) is 0 Å².